The van der Waals surface area contributed by atoms with Gasteiger partial charge in [0.1, 0.15) is 12.4 Å². The van der Waals surface area contributed by atoms with Crippen LogP contribution in [0.4, 0.5) is 0 Å². The quantitative estimate of drug-likeness (QED) is 0.808. The van der Waals surface area contributed by atoms with Gasteiger partial charge in [0, 0.05) is 22.3 Å². The summed E-state index contributed by atoms with van der Waals surface area (Å²) in [4.78, 5) is 26.0. The van der Waals surface area contributed by atoms with Crippen LogP contribution < -0.4 is 0 Å². The highest BCUT2D eigenvalue weighted by atomic mass is 32.1. The van der Waals surface area contributed by atoms with Crippen LogP contribution in [0, 0.1) is 0 Å². The predicted octanol–water partition coefficient (Wildman–Crippen LogP) is 3.50. The summed E-state index contributed by atoms with van der Waals surface area (Å²) in [5.74, 6) is 0.448. The highest BCUT2D eigenvalue weighted by Crippen LogP contribution is 2.34. The summed E-state index contributed by atoms with van der Waals surface area (Å²) in [7, 11) is 0. The molecule has 1 aliphatic heterocycles. The molecule has 0 atom stereocenters. The molecule has 0 saturated heterocycles. The highest BCUT2D eigenvalue weighted by Gasteiger charge is 2.33. The van der Waals surface area contributed by atoms with E-state index in [0.29, 0.717) is 28.0 Å². The third-order valence-electron chi connectivity index (χ3n) is 3.67. The zero-order valence-electron chi connectivity index (χ0n) is 11.0. The van der Waals surface area contributed by atoms with Gasteiger partial charge in [-0.3, -0.25) is 9.59 Å². The van der Waals surface area contributed by atoms with Crippen LogP contribution in [0.2, 0.25) is 0 Å². The van der Waals surface area contributed by atoms with E-state index in [2.05, 4.69) is 0 Å². The van der Waals surface area contributed by atoms with E-state index < -0.39 is 0 Å². The molecule has 3 nitrogen and oxygen atoms in total. The smallest absolute Gasteiger partial charge is 0.194 e. The summed E-state index contributed by atoms with van der Waals surface area (Å²) >= 11 is 1.54. The van der Waals surface area contributed by atoms with E-state index in [1.807, 2.05) is 17.5 Å². The van der Waals surface area contributed by atoms with Gasteiger partial charge in [-0.15, -0.1) is 11.3 Å². The highest BCUT2D eigenvalue weighted by molar-refractivity contribution is 7.11. The van der Waals surface area contributed by atoms with Gasteiger partial charge < -0.3 is 4.74 Å². The minimum atomic E-state index is -0.110. The van der Waals surface area contributed by atoms with Crippen LogP contribution in [-0.4, -0.2) is 18.2 Å². The molecule has 1 aromatic carbocycles. The number of carbonyl (C=O) groups is 2. The van der Waals surface area contributed by atoms with Crippen molar-refractivity contribution in [2.24, 2.45) is 0 Å². The number of rotatable bonds is 1. The molecule has 0 amide bonds. The zero-order chi connectivity index (χ0) is 14.4. The van der Waals surface area contributed by atoms with Crippen LogP contribution >= 0.6 is 11.3 Å². The predicted molar refractivity (Wildman–Crippen MR) is 80.4 cm³/mol. The molecule has 0 N–H and O–H groups in total. The molecule has 0 saturated carbocycles. The zero-order valence-corrected chi connectivity index (χ0v) is 11.8. The maximum Gasteiger partial charge on any atom is 0.194 e. The number of hydrogen-bond acceptors (Lipinski definition) is 4. The number of ether oxygens (including phenoxy) is 1. The molecule has 2 aliphatic rings. The van der Waals surface area contributed by atoms with Crippen molar-refractivity contribution in [3.05, 3.63) is 75.0 Å². The summed E-state index contributed by atoms with van der Waals surface area (Å²) in [5.41, 5.74) is 1.87. The van der Waals surface area contributed by atoms with Crippen LogP contribution in [0.1, 0.15) is 25.6 Å². The molecule has 21 heavy (non-hydrogen) atoms. The lowest BCUT2D eigenvalue weighted by atomic mass is 9.83. The molecule has 4 rings (SSSR count). The molecule has 102 valence electrons. The van der Waals surface area contributed by atoms with Crippen molar-refractivity contribution in [3.63, 3.8) is 0 Å². The topological polar surface area (TPSA) is 43.4 Å². The second-order valence-electron chi connectivity index (χ2n) is 4.87. The Morgan fingerprint density at radius 2 is 1.71 bits per heavy atom. The Balaban J connectivity index is 1.87. The SMILES string of the molecule is O=C1C2=C(COC(c3cccs3)=C2)C(=O)c2ccccc21. The van der Waals surface area contributed by atoms with E-state index in [0.717, 1.165) is 4.88 Å². The average molecular weight is 294 g/mol. The number of thiophene rings is 1. The molecule has 2 heterocycles. The first-order valence-electron chi connectivity index (χ1n) is 6.55. The van der Waals surface area contributed by atoms with Crippen molar-refractivity contribution in [3.8, 4) is 0 Å². The summed E-state index contributed by atoms with van der Waals surface area (Å²) in [6.07, 6.45) is 1.70. The maximum atomic E-state index is 12.6. The summed E-state index contributed by atoms with van der Waals surface area (Å²) in [5, 5.41) is 1.95. The Hall–Kier alpha value is -2.46. The van der Waals surface area contributed by atoms with Crippen molar-refractivity contribution < 1.29 is 14.3 Å². The fraction of sp³-hybridized carbons (Fsp3) is 0.0588. The molecular weight excluding hydrogens is 284 g/mol. The lowest BCUT2D eigenvalue weighted by Crippen LogP contribution is -2.26. The third-order valence-corrected chi connectivity index (χ3v) is 4.56. The van der Waals surface area contributed by atoms with Gasteiger partial charge in [0.15, 0.2) is 11.6 Å². The lowest BCUT2D eigenvalue weighted by Gasteiger charge is -2.24. The minimum Gasteiger partial charge on any atom is -0.487 e. The van der Waals surface area contributed by atoms with E-state index in [9.17, 15) is 9.59 Å². The fourth-order valence-corrected chi connectivity index (χ4v) is 3.32. The number of ketones is 2. The van der Waals surface area contributed by atoms with Gasteiger partial charge in [-0.1, -0.05) is 30.3 Å². The van der Waals surface area contributed by atoms with Crippen molar-refractivity contribution in [2.45, 2.75) is 0 Å². The standard InChI is InChI=1S/C17H10O3S/c18-16-10-4-1-2-5-11(10)17(19)13-9-20-14(8-12(13)16)15-6-3-7-21-15/h1-8H,9H2. The molecule has 0 bridgehead atoms. The van der Waals surface area contributed by atoms with Gasteiger partial charge in [0.2, 0.25) is 0 Å². The summed E-state index contributed by atoms with van der Waals surface area (Å²) < 4.78 is 5.67. The minimum absolute atomic E-state index is 0.0995. The van der Waals surface area contributed by atoms with Crippen molar-refractivity contribution >= 4 is 28.7 Å². The van der Waals surface area contributed by atoms with Crippen LogP contribution in [0.25, 0.3) is 5.76 Å². The Bertz CT molecular complexity index is 825. The van der Waals surface area contributed by atoms with Gasteiger partial charge in [0.05, 0.1) is 4.88 Å². The first-order valence-corrected chi connectivity index (χ1v) is 7.43. The number of benzene rings is 1. The van der Waals surface area contributed by atoms with Crippen LogP contribution in [-0.2, 0) is 4.74 Å². The second-order valence-corrected chi connectivity index (χ2v) is 5.82. The molecule has 0 unspecified atom stereocenters. The Labute approximate surface area is 125 Å². The maximum absolute atomic E-state index is 12.6. The Morgan fingerprint density at radius 3 is 2.43 bits per heavy atom. The molecule has 1 aromatic heterocycles. The molecule has 0 radical (unpaired) electrons. The fourth-order valence-electron chi connectivity index (χ4n) is 2.63. The first-order chi connectivity index (χ1) is 10.3. The molecular formula is C17H10O3S. The molecule has 0 fully saturated rings. The first kappa shape index (κ1) is 12.3. The van der Waals surface area contributed by atoms with E-state index in [-0.39, 0.29) is 18.2 Å². The van der Waals surface area contributed by atoms with Crippen molar-refractivity contribution in [2.75, 3.05) is 6.61 Å². The molecule has 0 spiro atoms. The van der Waals surface area contributed by atoms with E-state index >= 15 is 0 Å². The number of fused-ring (bicyclic) bond motifs is 1. The average Bonchev–Trinajstić information content (AvgIpc) is 3.06. The number of allylic oxidation sites excluding steroid dienone is 2. The largest absolute Gasteiger partial charge is 0.487 e. The number of carbonyl (C=O) groups excluding carboxylic acids is 2. The van der Waals surface area contributed by atoms with Crippen LogP contribution in [0.3, 0.4) is 0 Å². The third kappa shape index (κ3) is 1.80. The summed E-state index contributed by atoms with van der Waals surface area (Å²) in [6, 6.07) is 10.8. The number of Topliss-reactive ketones (excluding diaryl/α,β-unsaturated/α-hetero) is 2. The lowest BCUT2D eigenvalue weighted by molar-refractivity contribution is 0.0961. The van der Waals surface area contributed by atoms with Gasteiger partial charge in [-0.2, -0.15) is 0 Å². The Kier molecular flexibility index (Phi) is 2.65. The second kappa shape index (κ2) is 4.53. The summed E-state index contributed by atoms with van der Waals surface area (Å²) in [6.45, 7) is 0.151. The van der Waals surface area contributed by atoms with Gasteiger partial charge >= 0.3 is 0 Å². The number of hydrogen-bond donors (Lipinski definition) is 0. The van der Waals surface area contributed by atoms with Gasteiger partial charge in [0.25, 0.3) is 0 Å². The van der Waals surface area contributed by atoms with Crippen molar-refractivity contribution in [1.82, 2.24) is 0 Å². The van der Waals surface area contributed by atoms with Crippen LogP contribution in [0.5, 0.6) is 0 Å². The van der Waals surface area contributed by atoms with Gasteiger partial charge in [-0.25, -0.2) is 0 Å². The Morgan fingerprint density at radius 1 is 0.952 bits per heavy atom. The monoisotopic (exact) mass is 294 g/mol. The van der Waals surface area contributed by atoms with Crippen molar-refractivity contribution in [1.29, 1.82) is 0 Å². The van der Waals surface area contributed by atoms with Crippen LogP contribution in [0.15, 0.2) is 59.0 Å². The molecule has 1 aliphatic carbocycles. The molecule has 2 aromatic rings. The van der Waals surface area contributed by atoms with E-state index in [4.69, 9.17) is 4.74 Å². The van der Waals surface area contributed by atoms with E-state index in [1.165, 1.54) is 0 Å². The molecule has 4 heteroatoms. The normalized spacial score (nSPS) is 17.0. The van der Waals surface area contributed by atoms with E-state index in [1.54, 1.807) is 41.7 Å². The van der Waals surface area contributed by atoms with Gasteiger partial charge in [-0.05, 0) is 17.5 Å².